The average Bonchev–Trinajstić information content (AvgIpc) is 2.25. The summed E-state index contributed by atoms with van der Waals surface area (Å²) in [6.07, 6.45) is 5.25. The summed E-state index contributed by atoms with van der Waals surface area (Å²) in [6, 6.07) is 5.40. The number of hydrogen-bond acceptors (Lipinski definition) is 3. The van der Waals surface area contributed by atoms with Crippen molar-refractivity contribution in [2.45, 2.75) is 6.54 Å². The van der Waals surface area contributed by atoms with Crippen LogP contribution in [-0.2, 0) is 6.54 Å². The molecule has 1 aromatic rings. The molecule has 0 spiro atoms. The molecule has 0 bridgehead atoms. The van der Waals surface area contributed by atoms with Crippen molar-refractivity contribution in [2.24, 2.45) is 5.73 Å². The summed E-state index contributed by atoms with van der Waals surface area (Å²) in [5, 5.41) is 8.62. The molecule has 0 saturated carbocycles. The van der Waals surface area contributed by atoms with Gasteiger partial charge in [-0.1, -0.05) is 12.0 Å². The highest BCUT2D eigenvalue weighted by Crippen LogP contribution is 2.19. The maximum atomic E-state index is 8.62. The Balaban J connectivity index is 2.91. The van der Waals surface area contributed by atoms with E-state index in [0.717, 1.165) is 11.1 Å². The lowest BCUT2D eigenvalue weighted by Crippen LogP contribution is -2.06. The second kappa shape index (κ2) is 5.28. The van der Waals surface area contributed by atoms with Crippen LogP contribution < -0.4 is 10.5 Å². The summed E-state index contributed by atoms with van der Waals surface area (Å²) in [7, 11) is 0. The van der Waals surface area contributed by atoms with Gasteiger partial charge in [0.25, 0.3) is 0 Å². The lowest BCUT2D eigenvalue weighted by atomic mass is 10.1. The van der Waals surface area contributed by atoms with E-state index >= 15 is 0 Å². The van der Waals surface area contributed by atoms with E-state index in [1.165, 1.54) is 0 Å². The number of nitrogens with two attached hydrogens (primary N) is 1. The molecular formula is C11H13NO2. The van der Waals surface area contributed by atoms with Crippen LogP contribution in [0.3, 0.4) is 0 Å². The fourth-order valence-electron chi connectivity index (χ4n) is 1.10. The van der Waals surface area contributed by atoms with Crippen LogP contribution in [0.2, 0.25) is 0 Å². The molecule has 0 aromatic heterocycles. The average molecular weight is 191 g/mol. The van der Waals surface area contributed by atoms with Gasteiger partial charge in [-0.15, -0.1) is 6.42 Å². The summed E-state index contributed by atoms with van der Waals surface area (Å²) in [5.74, 6) is 3.16. The van der Waals surface area contributed by atoms with Crippen LogP contribution in [0.15, 0.2) is 18.2 Å². The molecule has 0 aliphatic heterocycles. The van der Waals surface area contributed by atoms with Crippen LogP contribution in [0.4, 0.5) is 0 Å². The van der Waals surface area contributed by atoms with Crippen molar-refractivity contribution >= 4 is 0 Å². The Morgan fingerprint density at radius 2 is 2.29 bits per heavy atom. The van der Waals surface area contributed by atoms with Crippen LogP contribution in [0, 0.1) is 12.3 Å². The van der Waals surface area contributed by atoms with Gasteiger partial charge >= 0.3 is 0 Å². The predicted octanol–water partition coefficient (Wildman–Crippen LogP) is 0.498. The maximum Gasteiger partial charge on any atom is 0.125 e. The Morgan fingerprint density at radius 3 is 2.86 bits per heavy atom. The minimum Gasteiger partial charge on any atom is -0.491 e. The third-order valence-electron chi connectivity index (χ3n) is 1.80. The summed E-state index contributed by atoms with van der Waals surface area (Å²) < 4.78 is 5.29. The highest BCUT2D eigenvalue weighted by atomic mass is 16.5. The molecule has 0 radical (unpaired) electrons. The molecule has 3 heteroatoms. The van der Waals surface area contributed by atoms with E-state index < -0.39 is 0 Å². The molecule has 0 aliphatic carbocycles. The number of terminal acetylenes is 1. The Morgan fingerprint density at radius 1 is 1.50 bits per heavy atom. The molecule has 3 N–H and O–H groups in total. The van der Waals surface area contributed by atoms with Gasteiger partial charge < -0.3 is 15.6 Å². The van der Waals surface area contributed by atoms with Gasteiger partial charge in [-0.2, -0.15) is 0 Å². The number of hydrogen-bond donors (Lipinski definition) is 2. The van der Waals surface area contributed by atoms with E-state index in [9.17, 15) is 0 Å². The Hall–Kier alpha value is -1.50. The molecule has 0 heterocycles. The normalized spacial score (nSPS) is 9.50. The Labute approximate surface area is 83.5 Å². The van der Waals surface area contributed by atoms with Gasteiger partial charge in [0.2, 0.25) is 0 Å². The van der Waals surface area contributed by atoms with Crippen molar-refractivity contribution in [1.29, 1.82) is 0 Å². The maximum absolute atomic E-state index is 8.62. The molecule has 74 valence electrons. The second-order valence-corrected chi connectivity index (χ2v) is 2.74. The van der Waals surface area contributed by atoms with Gasteiger partial charge in [-0.25, -0.2) is 0 Å². The molecule has 1 rings (SSSR count). The van der Waals surface area contributed by atoms with E-state index in [-0.39, 0.29) is 13.2 Å². The molecule has 0 fully saturated rings. The largest absolute Gasteiger partial charge is 0.491 e. The lowest BCUT2D eigenvalue weighted by Gasteiger charge is -2.09. The minimum absolute atomic E-state index is 0.0235. The zero-order valence-corrected chi connectivity index (χ0v) is 7.86. The Bertz CT molecular complexity index is 342. The summed E-state index contributed by atoms with van der Waals surface area (Å²) in [6.45, 7) is 0.622. The molecule has 0 amide bonds. The number of benzene rings is 1. The zero-order chi connectivity index (χ0) is 10.4. The summed E-state index contributed by atoms with van der Waals surface area (Å²) in [5.41, 5.74) is 7.15. The topological polar surface area (TPSA) is 55.5 Å². The van der Waals surface area contributed by atoms with Crippen LogP contribution in [-0.4, -0.2) is 18.3 Å². The van der Waals surface area contributed by atoms with E-state index in [1.54, 1.807) is 6.07 Å². The van der Waals surface area contributed by atoms with Gasteiger partial charge in [0, 0.05) is 17.7 Å². The van der Waals surface area contributed by atoms with Crippen LogP contribution >= 0.6 is 0 Å². The molecule has 0 aliphatic rings. The van der Waals surface area contributed by atoms with E-state index in [0.29, 0.717) is 12.3 Å². The summed E-state index contributed by atoms with van der Waals surface area (Å²) >= 11 is 0. The van der Waals surface area contributed by atoms with Crippen LogP contribution in [0.5, 0.6) is 5.75 Å². The van der Waals surface area contributed by atoms with Crippen molar-refractivity contribution in [3.63, 3.8) is 0 Å². The number of rotatable bonds is 4. The van der Waals surface area contributed by atoms with E-state index in [4.69, 9.17) is 22.0 Å². The third-order valence-corrected chi connectivity index (χ3v) is 1.80. The van der Waals surface area contributed by atoms with Crippen molar-refractivity contribution in [3.05, 3.63) is 29.3 Å². The quantitative estimate of drug-likeness (QED) is 0.681. The van der Waals surface area contributed by atoms with E-state index in [1.807, 2.05) is 12.1 Å². The van der Waals surface area contributed by atoms with Crippen molar-refractivity contribution in [1.82, 2.24) is 0 Å². The second-order valence-electron chi connectivity index (χ2n) is 2.74. The molecular weight excluding hydrogens is 178 g/mol. The smallest absolute Gasteiger partial charge is 0.125 e. The minimum atomic E-state index is -0.0235. The van der Waals surface area contributed by atoms with Crippen LogP contribution in [0.25, 0.3) is 0 Å². The molecule has 0 saturated heterocycles. The number of ether oxygens (including phenoxy) is 1. The third kappa shape index (κ3) is 2.49. The first-order chi connectivity index (χ1) is 6.81. The number of aliphatic hydroxyl groups is 1. The molecule has 1 aromatic carbocycles. The highest BCUT2D eigenvalue weighted by Gasteiger charge is 2.02. The molecule has 14 heavy (non-hydrogen) atoms. The van der Waals surface area contributed by atoms with Gasteiger partial charge in [0.05, 0.1) is 6.61 Å². The van der Waals surface area contributed by atoms with Crippen molar-refractivity contribution in [3.8, 4) is 18.1 Å². The molecule has 0 unspecified atom stereocenters. The lowest BCUT2D eigenvalue weighted by molar-refractivity contribution is 0.200. The van der Waals surface area contributed by atoms with Crippen LogP contribution in [0.1, 0.15) is 11.1 Å². The first-order valence-electron chi connectivity index (χ1n) is 4.35. The Kier molecular flexibility index (Phi) is 3.99. The standard InChI is InChI=1S/C11H13NO2/c1-2-9-3-4-10(8-12)11(7-9)14-6-5-13/h1,3-4,7,13H,5-6,8,12H2. The zero-order valence-electron chi connectivity index (χ0n) is 7.86. The number of aliphatic hydroxyl groups excluding tert-OH is 1. The SMILES string of the molecule is C#Cc1ccc(CN)c(OCCO)c1. The van der Waals surface area contributed by atoms with Crippen molar-refractivity contribution in [2.75, 3.05) is 13.2 Å². The predicted molar refractivity (Wildman–Crippen MR) is 54.8 cm³/mol. The van der Waals surface area contributed by atoms with Gasteiger partial charge in [-0.05, 0) is 12.1 Å². The summed E-state index contributed by atoms with van der Waals surface area (Å²) in [4.78, 5) is 0. The first-order valence-corrected chi connectivity index (χ1v) is 4.35. The monoisotopic (exact) mass is 191 g/mol. The molecule has 0 atom stereocenters. The van der Waals surface area contributed by atoms with Crippen molar-refractivity contribution < 1.29 is 9.84 Å². The first kappa shape index (κ1) is 10.6. The molecule has 3 nitrogen and oxygen atoms in total. The van der Waals surface area contributed by atoms with Gasteiger partial charge in [-0.3, -0.25) is 0 Å². The van der Waals surface area contributed by atoms with Gasteiger partial charge in [0.1, 0.15) is 12.4 Å². The van der Waals surface area contributed by atoms with Gasteiger partial charge in [0.15, 0.2) is 0 Å². The fraction of sp³-hybridized carbons (Fsp3) is 0.273. The highest BCUT2D eigenvalue weighted by molar-refractivity contribution is 5.43. The fourth-order valence-corrected chi connectivity index (χ4v) is 1.10. The van der Waals surface area contributed by atoms with E-state index in [2.05, 4.69) is 5.92 Å².